The summed E-state index contributed by atoms with van der Waals surface area (Å²) in [5, 5.41) is 9.29. The number of methoxy groups -OCH3 is 2. The number of carboxylic acid groups (broad SMARTS) is 1. The van der Waals surface area contributed by atoms with E-state index in [0.717, 1.165) is 36.4 Å². The first-order valence-corrected chi connectivity index (χ1v) is 7.24. The number of piperidine rings is 1. The average Bonchev–Trinajstić information content (AvgIpc) is 2.48. The van der Waals surface area contributed by atoms with Crippen molar-refractivity contribution in [3.05, 3.63) is 23.8 Å². The lowest BCUT2D eigenvalue weighted by atomic mass is 9.90. The van der Waals surface area contributed by atoms with Crippen molar-refractivity contribution in [2.24, 2.45) is 5.92 Å². The minimum absolute atomic E-state index is 0.0356. The number of aliphatic carboxylic acids is 1. The lowest BCUT2D eigenvalue weighted by molar-refractivity contribution is -0.145. The zero-order valence-electron chi connectivity index (χ0n) is 12.8. The summed E-state index contributed by atoms with van der Waals surface area (Å²) < 4.78 is 10.6. The Hall–Kier alpha value is -1.75. The fraction of sp³-hybridized carbons (Fsp3) is 0.562. The maximum Gasteiger partial charge on any atom is 0.308 e. The van der Waals surface area contributed by atoms with Crippen LogP contribution in [0.2, 0.25) is 0 Å². The largest absolute Gasteiger partial charge is 0.497 e. The molecule has 1 heterocycles. The van der Waals surface area contributed by atoms with Gasteiger partial charge in [-0.2, -0.15) is 0 Å². The van der Waals surface area contributed by atoms with Crippen molar-refractivity contribution in [1.29, 1.82) is 0 Å². The van der Waals surface area contributed by atoms with E-state index in [1.165, 1.54) is 0 Å². The molecule has 0 amide bonds. The van der Waals surface area contributed by atoms with Crippen LogP contribution in [0.1, 0.15) is 25.3 Å². The summed E-state index contributed by atoms with van der Waals surface area (Å²) in [5.41, 5.74) is 1.07. The summed E-state index contributed by atoms with van der Waals surface area (Å²) in [5.74, 6) is 0.522. The molecule has 1 aliphatic rings. The second-order valence-electron chi connectivity index (χ2n) is 5.52. The zero-order valence-corrected chi connectivity index (χ0v) is 12.8. The van der Waals surface area contributed by atoms with Gasteiger partial charge < -0.3 is 14.6 Å². The third kappa shape index (κ3) is 3.67. The number of benzene rings is 1. The van der Waals surface area contributed by atoms with Gasteiger partial charge in [-0.15, -0.1) is 0 Å². The average molecular weight is 293 g/mol. The summed E-state index contributed by atoms with van der Waals surface area (Å²) in [6.45, 7) is 3.62. The van der Waals surface area contributed by atoms with Crippen LogP contribution in [-0.2, 0) is 11.3 Å². The van der Waals surface area contributed by atoms with Gasteiger partial charge in [0.2, 0.25) is 0 Å². The van der Waals surface area contributed by atoms with E-state index in [-0.39, 0.29) is 12.0 Å². The Morgan fingerprint density at radius 3 is 2.43 bits per heavy atom. The van der Waals surface area contributed by atoms with Gasteiger partial charge in [-0.3, -0.25) is 9.69 Å². The predicted octanol–water partition coefficient (Wildman–Crippen LogP) is 2.39. The SMILES string of the molecule is COc1cc(CN2CCC[C@H](C(=O)O)[C@@H]2C)cc(OC)c1. The van der Waals surface area contributed by atoms with Gasteiger partial charge in [-0.25, -0.2) is 0 Å². The highest BCUT2D eigenvalue weighted by atomic mass is 16.5. The number of nitrogens with zero attached hydrogens (tertiary/aromatic N) is 1. The molecule has 0 unspecified atom stereocenters. The molecule has 0 saturated carbocycles. The summed E-state index contributed by atoms with van der Waals surface area (Å²) >= 11 is 0. The lowest BCUT2D eigenvalue weighted by Gasteiger charge is -2.37. The standard InChI is InChI=1S/C16H23NO4/c1-11-15(16(18)19)5-4-6-17(11)10-12-7-13(20-2)9-14(8-12)21-3/h7-9,11,15H,4-6,10H2,1-3H3,(H,18,19)/t11-,15-/m0/s1. The molecule has 0 spiro atoms. The van der Waals surface area contributed by atoms with Gasteiger partial charge in [-0.1, -0.05) is 0 Å². The number of hydrogen-bond donors (Lipinski definition) is 1. The number of rotatable bonds is 5. The van der Waals surface area contributed by atoms with Gasteiger partial charge >= 0.3 is 5.97 Å². The van der Waals surface area contributed by atoms with E-state index in [0.29, 0.717) is 6.54 Å². The highest BCUT2D eigenvalue weighted by Crippen LogP contribution is 2.28. The van der Waals surface area contributed by atoms with Crippen LogP contribution < -0.4 is 9.47 Å². The Labute approximate surface area is 125 Å². The summed E-state index contributed by atoms with van der Waals surface area (Å²) in [4.78, 5) is 13.5. The van der Waals surface area contributed by atoms with Gasteiger partial charge in [0, 0.05) is 18.7 Å². The van der Waals surface area contributed by atoms with Crippen LogP contribution in [0.15, 0.2) is 18.2 Å². The van der Waals surface area contributed by atoms with E-state index in [2.05, 4.69) is 4.90 Å². The van der Waals surface area contributed by atoms with Gasteiger partial charge in [0.15, 0.2) is 0 Å². The lowest BCUT2D eigenvalue weighted by Crippen LogP contribution is -2.45. The van der Waals surface area contributed by atoms with Gasteiger partial charge in [0.1, 0.15) is 11.5 Å². The van der Waals surface area contributed by atoms with Crippen molar-refractivity contribution in [2.45, 2.75) is 32.4 Å². The molecule has 1 saturated heterocycles. The molecule has 5 heteroatoms. The molecule has 21 heavy (non-hydrogen) atoms. The van der Waals surface area contributed by atoms with Crippen molar-refractivity contribution < 1.29 is 19.4 Å². The molecule has 1 N–H and O–H groups in total. The zero-order chi connectivity index (χ0) is 15.4. The third-order valence-corrected chi connectivity index (χ3v) is 4.23. The normalized spacial score (nSPS) is 22.8. The maximum atomic E-state index is 11.3. The van der Waals surface area contributed by atoms with E-state index >= 15 is 0 Å². The Bertz CT molecular complexity index is 481. The van der Waals surface area contributed by atoms with Gasteiger partial charge in [0.25, 0.3) is 0 Å². The molecule has 2 rings (SSSR count). The number of likely N-dealkylation sites (tertiary alicyclic amines) is 1. The van der Waals surface area contributed by atoms with E-state index in [1.807, 2.05) is 25.1 Å². The first-order valence-electron chi connectivity index (χ1n) is 7.24. The Morgan fingerprint density at radius 1 is 1.29 bits per heavy atom. The summed E-state index contributed by atoms with van der Waals surface area (Å²) in [6, 6.07) is 5.82. The molecule has 1 aromatic carbocycles. The monoisotopic (exact) mass is 293 g/mol. The minimum Gasteiger partial charge on any atom is -0.497 e. The molecule has 5 nitrogen and oxygen atoms in total. The minimum atomic E-state index is -0.699. The smallest absolute Gasteiger partial charge is 0.308 e. The molecule has 0 radical (unpaired) electrons. The Balaban J connectivity index is 2.15. The number of carbonyl (C=O) groups is 1. The van der Waals surface area contributed by atoms with Crippen molar-refractivity contribution in [3.63, 3.8) is 0 Å². The molecule has 116 valence electrons. The predicted molar refractivity (Wildman–Crippen MR) is 79.8 cm³/mol. The second kappa shape index (κ2) is 6.80. The van der Waals surface area contributed by atoms with Crippen LogP contribution in [0, 0.1) is 5.92 Å². The van der Waals surface area contributed by atoms with E-state index in [1.54, 1.807) is 14.2 Å². The second-order valence-corrected chi connectivity index (χ2v) is 5.52. The summed E-state index contributed by atoms with van der Waals surface area (Å²) in [6.07, 6.45) is 1.68. The van der Waals surface area contributed by atoms with Crippen LogP contribution in [0.3, 0.4) is 0 Å². The molecule has 1 aliphatic heterocycles. The van der Waals surface area contributed by atoms with Crippen molar-refractivity contribution in [2.75, 3.05) is 20.8 Å². The van der Waals surface area contributed by atoms with E-state index in [4.69, 9.17) is 9.47 Å². The maximum absolute atomic E-state index is 11.3. The number of carboxylic acids is 1. The van der Waals surface area contributed by atoms with Gasteiger partial charge in [-0.05, 0) is 44.0 Å². The van der Waals surface area contributed by atoms with Gasteiger partial charge in [0.05, 0.1) is 20.1 Å². The molecular formula is C16H23NO4. The molecule has 0 aromatic heterocycles. The van der Waals surface area contributed by atoms with E-state index < -0.39 is 5.97 Å². The topological polar surface area (TPSA) is 59.0 Å². The van der Waals surface area contributed by atoms with Crippen LogP contribution >= 0.6 is 0 Å². The molecular weight excluding hydrogens is 270 g/mol. The number of ether oxygens (including phenoxy) is 2. The van der Waals surface area contributed by atoms with Crippen molar-refractivity contribution in [3.8, 4) is 11.5 Å². The molecule has 0 aliphatic carbocycles. The first-order chi connectivity index (χ1) is 10.0. The van der Waals surface area contributed by atoms with Crippen LogP contribution in [-0.4, -0.2) is 42.8 Å². The summed E-state index contributed by atoms with van der Waals surface area (Å²) in [7, 11) is 3.26. The number of hydrogen-bond acceptors (Lipinski definition) is 4. The highest BCUT2D eigenvalue weighted by Gasteiger charge is 2.32. The molecule has 0 bridgehead atoms. The van der Waals surface area contributed by atoms with Crippen molar-refractivity contribution in [1.82, 2.24) is 4.90 Å². The fourth-order valence-corrected chi connectivity index (χ4v) is 2.96. The van der Waals surface area contributed by atoms with Crippen molar-refractivity contribution >= 4 is 5.97 Å². The molecule has 1 aromatic rings. The Morgan fingerprint density at radius 2 is 1.90 bits per heavy atom. The third-order valence-electron chi connectivity index (χ3n) is 4.23. The highest BCUT2D eigenvalue weighted by molar-refractivity contribution is 5.71. The van der Waals surface area contributed by atoms with Crippen LogP contribution in [0.4, 0.5) is 0 Å². The molecule has 2 atom stereocenters. The molecule has 1 fully saturated rings. The Kier molecular flexibility index (Phi) is 5.07. The quantitative estimate of drug-likeness (QED) is 0.903. The van der Waals surface area contributed by atoms with Crippen LogP contribution in [0.25, 0.3) is 0 Å². The fourth-order valence-electron chi connectivity index (χ4n) is 2.96. The first kappa shape index (κ1) is 15.6. The van der Waals surface area contributed by atoms with Crippen LogP contribution in [0.5, 0.6) is 11.5 Å². The van der Waals surface area contributed by atoms with E-state index in [9.17, 15) is 9.90 Å².